The lowest BCUT2D eigenvalue weighted by Crippen LogP contribution is -2.24. The van der Waals surface area contributed by atoms with E-state index in [0.717, 1.165) is 11.8 Å². The molecule has 3 aliphatic carbocycles. The molecule has 0 radical (unpaired) electrons. The molecule has 0 heteroatoms. The highest BCUT2D eigenvalue weighted by Crippen LogP contribution is 2.43. The van der Waals surface area contributed by atoms with E-state index in [1.165, 1.54) is 64.2 Å². The molecule has 98 valence electrons. The molecule has 0 aromatic rings. The first-order valence-corrected chi connectivity index (χ1v) is 7.99. The third kappa shape index (κ3) is 2.63. The van der Waals surface area contributed by atoms with Gasteiger partial charge in [0.1, 0.15) is 0 Å². The van der Waals surface area contributed by atoms with E-state index >= 15 is 0 Å². The van der Waals surface area contributed by atoms with E-state index in [1.54, 1.807) is 5.57 Å². The fourth-order valence-electron chi connectivity index (χ4n) is 4.15. The van der Waals surface area contributed by atoms with Crippen LogP contribution in [0.5, 0.6) is 0 Å². The molecule has 3 rings (SSSR count). The van der Waals surface area contributed by atoms with Crippen LogP contribution in [0.15, 0.2) is 35.5 Å². The molecule has 0 N–H and O–H groups in total. The van der Waals surface area contributed by atoms with Crippen LogP contribution in [0, 0.1) is 11.8 Å². The third-order valence-electron chi connectivity index (χ3n) is 5.09. The number of allylic oxidation sites excluding steroid dienone is 6. The van der Waals surface area contributed by atoms with Crippen LogP contribution in [0.4, 0.5) is 0 Å². The van der Waals surface area contributed by atoms with Crippen molar-refractivity contribution in [2.24, 2.45) is 11.8 Å². The van der Waals surface area contributed by atoms with Gasteiger partial charge in [-0.1, -0.05) is 48.3 Å². The average Bonchev–Trinajstić information content (AvgIpc) is 2.49. The third-order valence-corrected chi connectivity index (χ3v) is 5.09. The standard InChI is InChI=1S/C18H26/c1-3-9-15(10-4-1)17-13-7-8-14-18(17)16-11-5-2-6-12-16/h1,3,9,11,17-18H,2,4-8,10,12-14H2. The van der Waals surface area contributed by atoms with Crippen LogP contribution in [0.1, 0.15) is 64.2 Å². The topological polar surface area (TPSA) is 0 Å². The second-order valence-corrected chi connectivity index (χ2v) is 6.23. The highest BCUT2D eigenvalue weighted by Gasteiger charge is 2.30. The summed E-state index contributed by atoms with van der Waals surface area (Å²) in [5.41, 5.74) is 3.58. The van der Waals surface area contributed by atoms with Gasteiger partial charge in [0.25, 0.3) is 0 Å². The number of rotatable bonds is 2. The van der Waals surface area contributed by atoms with Crippen LogP contribution in [-0.2, 0) is 0 Å². The molecule has 0 aromatic carbocycles. The van der Waals surface area contributed by atoms with Gasteiger partial charge in [-0.3, -0.25) is 0 Å². The van der Waals surface area contributed by atoms with E-state index in [-0.39, 0.29) is 0 Å². The Balaban J connectivity index is 1.79. The number of hydrogen-bond donors (Lipinski definition) is 0. The molecule has 0 aliphatic heterocycles. The minimum absolute atomic E-state index is 0.882. The van der Waals surface area contributed by atoms with Crippen LogP contribution in [0.3, 0.4) is 0 Å². The largest absolute Gasteiger partial charge is 0.0850 e. The van der Waals surface area contributed by atoms with E-state index in [9.17, 15) is 0 Å². The van der Waals surface area contributed by atoms with Crippen LogP contribution in [-0.4, -0.2) is 0 Å². The quantitative estimate of drug-likeness (QED) is 0.555. The number of hydrogen-bond acceptors (Lipinski definition) is 0. The lowest BCUT2D eigenvalue weighted by atomic mass is 9.68. The first-order chi connectivity index (χ1) is 8.95. The van der Waals surface area contributed by atoms with E-state index in [0.29, 0.717) is 0 Å². The molecule has 0 saturated heterocycles. The fourth-order valence-corrected chi connectivity index (χ4v) is 4.15. The van der Waals surface area contributed by atoms with Crippen molar-refractivity contribution in [2.45, 2.75) is 64.2 Å². The van der Waals surface area contributed by atoms with Crippen LogP contribution in [0.25, 0.3) is 0 Å². The zero-order valence-corrected chi connectivity index (χ0v) is 11.5. The second-order valence-electron chi connectivity index (χ2n) is 6.23. The summed E-state index contributed by atoms with van der Waals surface area (Å²) in [5.74, 6) is 1.78. The van der Waals surface area contributed by atoms with Gasteiger partial charge < -0.3 is 0 Å². The molecule has 0 spiro atoms. The molecular weight excluding hydrogens is 216 g/mol. The maximum Gasteiger partial charge on any atom is -0.0134 e. The molecule has 0 bridgehead atoms. The SMILES string of the molecule is C1=CCCC(C2CCCCC2C2=CCCCC2)=C1. The Morgan fingerprint density at radius 3 is 2.28 bits per heavy atom. The predicted octanol–water partition coefficient (Wildman–Crippen LogP) is 5.57. The zero-order chi connectivity index (χ0) is 12.2. The van der Waals surface area contributed by atoms with Gasteiger partial charge >= 0.3 is 0 Å². The molecule has 18 heavy (non-hydrogen) atoms. The first kappa shape index (κ1) is 12.3. The minimum Gasteiger partial charge on any atom is -0.0850 e. The minimum atomic E-state index is 0.882. The van der Waals surface area contributed by atoms with Gasteiger partial charge in [-0.05, 0) is 63.2 Å². The highest BCUT2D eigenvalue weighted by molar-refractivity contribution is 5.25. The Bertz CT molecular complexity index is 369. The summed E-state index contributed by atoms with van der Waals surface area (Å²) in [6, 6.07) is 0. The van der Waals surface area contributed by atoms with E-state index in [2.05, 4.69) is 24.3 Å². The monoisotopic (exact) mass is 242 g/mol. The van der Waals surface area contributed by atoms with Crippen molar-refractivity contribution in [1.82, 2.24) is 0 Å². The van der Waals surface area contributed by atoms with Gasteiger partial charge in [-0.2, -0.15) is 0 Å². The van der Waals surface area contributed by atoms with Gasteiger partial charge in [-0.25, -0.2) is 0 Å². The summed E-state index contributed by atoms with van der Waals surface area (Å²) >= 11 is 0. The molecule has 1 fully saturated rings. The smallest absolute Gasteiger partial charge is 0.0134 e. The predicted molar refractivity (Wildman–Crippen MR) is 78.5 cm³/mol. The maximum atomic E-state index is 2.59. The molecule has 2 unspecified atom stereocenters. The van der Waals surface area contributed by atoms with Crippen LogP contribution in [0.2, 0.25) is 0 Å². The Morgan fingerprint density at radius 2 is 1.61 bits per heavy atom. The highest BCUT2D eigenvalue weighted by atomic mass is 14.3. The van der Waals surface area contributed by atoms with Crippen molar-refractivity contribution in [3.05, 3.63) is 35.5 Å². The molecule has 0 heterocycles. The van der Waals surface area contributed by atoms with Crippen molar-refractivity contribution in [1.29, 1.82) is 0 Å². The zero-order valence-electron chi connectivity index (χ0n) is 11.5. The molecule has 0 nitrogen and oxygen atoms in total. The first-order valence-electron chi connectivity index (χ1n) is 7.99. The Labute approximate surface area is 112 Å². The van der Waals surface area contributed by atoms with Gasteiger partial charge in [0.05, 0.1) is 0 Å². The molecule has 0 amide bonds. The van der Waals surface area contributed by atoms with Crippen molar-refractivity contribution in [3.8, 4) is 0 Å². The van der Waals surface area contributed by atoms with Gasteiger partial charge in [0.2, 0.25) is 0 Å². The Morgan fingerprint density at radius 1 is 0.778 bits per heavy atom. The fraction of sp³-hybridized carbons (Fsp3) is 0.667. The van der Waals surface area contributed by atoms with Gasteiger partial charge in [0, 0.05) is 0 Å². The summed E-state index contributed by atoms with van der Waals surface area (Å²) in [6.07, 6.45) is 23.6. The molecule has 1 saturated carbocycles. The lowest BCUT2D eigenvalue weighted by Gasteiger charge is -2.37. The molecular formula is C18H26. The molecule has 2 atom stereocenters. The average molecular weight is 242 g/mol. The van der Waals surface area contributed by atoms with E-state index in [1.807, 2.05) is 5.57 Å². The van der Waals surface area contributed by atoms with Crippen molar-refractivity contribution >= 4 is 0 Å². The van der Waals surface area contributed by atoms with Crippen LogP contribution >= 0.6 is 0 Å². The van der Waals surface area contributed by atoms with E-state index < -0.39 is 0 Å². The summed E-state index contributed by atoms with van der Waals surface area (Å²) in [5, 5.41) is 0. The lowest BCUT2D eigenvalue weighted by molar-refractivity contribution is 0.294. The van der Waals surface area contributed by atoms with E-state index in [4.69, 9.17) is 0 Å². The van der Waals surface area contributed by atoms with Crippen molar-refractivity contribution in [3.63, 3.8) is 0 Å². The molecule has 0 aromatic heterocycles. The van der Waals surface area contributed by atoms with Crippen molar-refractivity contribution in [2.75, 3.05) is 0 Å². The Kier molecular flexibility index (Phi) is 4.02. The summed E-state index contributed by atoms with van der Waals surface area (Å²) < 4.78 is 0. The Hall–Kier alpha value is -0.780. The second kappa shape index (κ2) is 5.91. The normalized spacial score (nSPS) is 32.9. The summed E-state index contributed by atoms with van der Waals surface area (Å²) in [6.45, 7) is 0. The molecule has 3 aliphatic rings. The van der Waals surface area contributed by atoms with Gasteiger partial charge in [0.15, 0.2) is 0 Å². The summed E-state index contributed by atoms with van der Waals surface area (Å²) in [7, 11) is 0. The van der Waals surface area contributed by atoms with Gasteiger partial charge in [-0.15, -0.1) is 0 Å². The summed E-state index contributed by atoms with van der Waals surface area (Å²) in [4.78, 5) is 0. The maximum absolute atomic E-state index is 2.59. The van der Waals surface area contributed by atoms with Crippen molar-refractivity contribution < 1.29 is 0 Å². The van der Waals surface area contributed by atoms with Crippen LogP contribution < -0.4 is 0 Å².